The van der Waals surface area contributed by atoms with Gasteiger partial charge in [-0.3, -0.25) is 0 Å². The number of halogens is 6. The van der Waals surface area contributed by atoms with Gasteiger partial charge in [0.1, 0.15) is 0 Å². The number of hydrogen-bond donors (Lipinski definition) is 6. The number of hydrogen-bond acceptors (Lipinski definition) is 8. The van der Waals surface area contributed by atoms with Crippen molar-refractivity contribution in [1.29, 1.82) is 0 Å². The number of carbonyl (C=O) groups is 2. The second-order valence-electron chi connectivity index (χ2n) is 3.74. The molecule has 0 saturated heterocycles. The Labute approximate surface area is 133 Å². The fourth-order valence-electron chi connectivity index (χ4n) is 0.832. The molecule has 0 saturated carbocycles. The minimum atomic E-state index is -6.61. The highest BCUT2D eigenvalue weighted by Crippen LogP contribution is 2.46. The van der Waals surface area contributed by atoms with Crippen LogP contribution >= 0.6 is 0 Å². The van der Waals surface area contributed by atoms with E-state index in [-0.39, 0.29) is 0 Å². The van der Waals surface area contributed by atoms with Crippen LogP contribution in [0, 0.1) is 0 Å². The second-order valence-corrected chi connectivity index (χ2v) is 3.74. The van der Waals surface area contributed by atoms with Gasteiger partial charge in [-0.15, -0.1) is 10.2 Å². The topological polar surface area (TPSA) is 205 Å². The lowest BCUT2D eigenvalue weighted by molar-refractivity contribution is -0.303. The Bertz CT molecular complexity index is 533. The summed E-state index contributed by atoms with van der Waals surface area (Å²) in [4.78, 5) is 28.4. The molecule has 0 unspecified atom stereocenters. The van der Waals surface area contributed by atoms with Crippen LogP contribution < -0.4 is 34.1 Å². The van der Waals surface area contributed by atoms with Crippen molar-refractivity contribution in [3.63, 3.8) is 0 Å². The van der Waals surface area contributed by atoms with Gasteiger partial charge in [0.25, 0.3) is 0 Å². The van der Waals surface area contributed by atoms with E-state index in [4.69, 9.17) is 11.5 Å². The average Bonchev–Trinajstić information content (AvgIpc) is 2.55. The van der Waals surface area contributed by atoms with Crippen molar-refractivity contribution in [1.82, 2.24) is 11.0 Å². The summed E-state index contributed by atoms with van der Waals surface area (Å²) in [7, 11) is 0. The van der Waals surface area contributed by atoms with Crippen molar-refractivity contribution in [2.45, 2.75) is 17.8 Å². The standard InChI is InChI=1S/C7H10F6N8O4/c8-5(9,1(22)24-20-3(14)18-16)7(12,13)6(10,11)2(23)25-21-4(15)19-17/h16-17H2,(H3,14,18,20)(H3,15,19,21). The Balaban J connectivity index is 5.38. The van der Waals surface area contributed by atoms with Crippen molar-refractivity contribution >= 4 is 23.9 Å². The molecule has 25 heavy (non-hydrogen) atoms. The zero-order valence-corrected chi connectivity index (χ0v) is 11.6. The first-order chi connectivity index (χ1) is 11.3. The van der Waals surface area contributed by atoms with Gasteiger partial charge in [0.05, 0.1) is 0 Å². The summed E-state index contributed by atoms with van der Waals surface area (Å²) in [6.45, 7) is 0. The Morgan fingerprint density at radius 3 is 1.28 bits per heavy atom. The van der Waals surface area contributed by atoms with Gasteiger partial charge in [-0.25, -0.2) is 9.59 Å². The summed E-state index contributed by atoms with van der Waals surface area (Å²) < 4.78 is 80.0. The molecule has 0 bridgehead atoms. The van der Waals surface area contributed by atoms with Crippen LogP contribution in [-0.2, 0) is 19.3 Å². The van der Waals surface area contributed by atoms with Gasteiger partial charge in [0, 0.05) is 0 Å². The SMILES string of the molecule is NN=C(N)NOC(=O)C(F)(F)C(F)(F)C(F)(F)C(=O)ONC(N)=NN. The summed E-state index contributed by atoms with van der Waals surface area (Å²) in [5, 5.41) is 5.08. The molecule has 10 N–H and O–H groups in total. The number of guanidine groups is 2. The van der Waals surface area contributed by atoms with E-state index in [1.807, 2.05) is 0 Å². The lowest BCUT2D eigenvalue weighted by atomic mass is 10.1. The molecule has 0 aliphatic rings. The number of nitrogens with zero attached hydrogens (tertiary/aromatic N) is 2. The Kier molecular flexibility index (Phi) is 6.49. The predicted molar refractivity (Wildman–Crippen MR) is 64.9 cm³/mol. The highest BCUT2D eigenvalue weighted by atomic mass is 19.3. The van der Waals surface area contributed by atoms with E-state index in [9.17, 15) is 35.9 Å². The van der Waals surface area contributed by atoms with Gasteiger partial charge in [-0.2, -0.15) is 37.3 Å². The maximum Gasteiger partial charge on any atom is 0.413 e. The average molecular weight is 384 g/mol. The zero-order chi connectivity index (χ0) is 20.1. The third kappa shape index (κ3) is 4.35. The Morgan fingerprint density at radius 2 is 1.04 bits per heavy atom. The highest BCUT2D eigenvalue weighted by Gasteiger charge is 2.80. The van der Waals surface area contributed by atoms with Crippen LogP contribution in [0.2, 0.25) is 0 Å². The minimum absolute atomic E-state index is 1.04. The minimum Gasteiger partial charge on any atom is -0.366 e. The third-order valence-corrected chi connectivity index (χ3v) is 2.08. The van der Waals surface area contributed by atoms with Crippen LogP contribution in [-0.4, -0.2) is 41.6 Å². The lowest BCUT2D eigenvalue weighted by Crippen LogP contribution is -2.63. The summed E-state index contributed by atoms with van der Waals surface area (Å²) in [6.07, 6.45) is 0. The highest BCUT2D eigenvalue weighted by molar-refractivity contribution is 5.86. The predicted octanol–water partition coefficient (Wildman–Crippen LogP) is -2.64. The summed E-state index contributed by atoms with van der Waals surface area (Å²) in [5.41, 5.74) is 11.6. The number of alkyl halides is 6. The van der Waals surface area contributed by atoms with E-state index in [0.717, 1.165) is 11.0 Å². The second kappa shape index (κ2) is 7.49. The molecule has 18 heteroatoms. The molecular formula is C7H10F6N8O4. The van der Waals surface area contributed by atoms with Gasteiger partial charge < -0.3 is 32.8 Å². The zero-order valence-electron chi connectivity index (χ0n) is 11.6. The normalized spacial score (nSPS) is 13.8. The van der Waals surface area contributed by atoms with E-state index in [0.29, 0.717) is 0 Å². The molecule has 144 valence electrons. The molecule has 0 aromatic rings. The first kappa shape index (κ1) is 21.7. The maximum absolute atomic E-state index is 13.4. The number of nitrogens with one attached hydrogen (secondary N) is 2. The number of hydrazone groups is 2. The van der Waals surface area contributed by atoms with Crippen LogP contribution in [0.1, 0.15) is 0 Å². The molecule has 0 fully saturated rings. The summed E-state index contributed by atoms with van der Waals surface area (Å²) in [5.74, 6) is -18.7. The van der Waals surface area contributed by atoms with Crippen molar-refractivity contribution in [3.05, 3.63) is 0 Å². The smallest absolute Gasteiger partial charge is 0.366 e. The van der Waals surface area contributed by atoms with Gasteiger partial charge in [0.15, 0.2) is 0 Å². The first-order valence-corrected chi connectivity index (χ1v) is 5.40. The molecular weight excluding hydrogens is 374 g/mol. The van der Waals surface area contributed by atoms with Crippen LogP contribution in [0.25, 0.3) is 0 Å². The molecule has 12 nitrogen and oxygen atoms in total. The molecule has 0 aromatic heterocycles. The van der Waals surface area contributed by atoms with E-state index in [1.165, 1.54) is 0 Å². The van der Waals surface area contributed by atoms with Crippen LogP contribution in [0.15, 0.2) is 10.2 Å². The molecule has 0 radical (unpaired) electrons. The fourth-order valence-corrected chi connectivity index (χ4v) is 0.832. The first-order valence-electron chi connectivity index (χ1n) is 5.40. The van der Waals surface area contributed by atoms with Crippen molar-refractivity contribution in [2.24, 2.45) is 33.4 Å². The number of nitrogens with two attached hydrogens (primary N) is 4. The molecule has 0 heterocycles. The van der Waals surface area contributed by atoms with E-state index in [2.05, 4.69) is 31.6 Å². The third-order valence-electron chi connectivity index (χ3n) is 2.08. The van der Waals surface area contributed by atoms with E-state index < -0.39 is 41.6 Å². The van der Waals surface area contributed by atoms with Gasteiger partial charge >= 0.3 is 29.7 Å². The maximum atomic E-state index is 13.4. The quantitative estimate of drug-likeness (QED) is 0.0977. The summed E-state index contributed by atoms with van der Waals surface area (Å²) >= 11 is 0. The van der Waals surface area contributed by atoms with Gasteiger partial charge in [-0.1, -0.05) is 0 Å². The molecule has 0 rings (SSSR count). The number of hydroxylamine groups is 2. The summed E-state index contributed by atoms with van der Waals surface area (Å²) in [6, 6.07) is 0. The Hall–Kier alpha value is -3.34. The van der Waals surface area contributed by atoms with Crippen LogP contribution in [0.5, 0.6) is 0 Å². The van der Waals surface area contributed by atoms with Crippen molar-refractivity contribution in [3.8, 4) is 0 Å². The molecule has 0 aromatic carbocycles. The van der Waals surface area contributed by atoms with E-state index in [1.54, 1.807) is 0 Å². The number of rotatable bonds is 4. The lowest BCUT2D eigenvalue weighted by Gasteiger charge is -2.29. The van der Waals surface area contributed by atoms with Gasteiger partial charge in [-0.05, 0) is 0 Å². The van der Waals surface area contributed by atoms with Crippen molar-refractivity contribution < 1.29 is 45.6 Å². The molecule has 0 spiro atoms. The van der Waals surface area contributed by atoms with E-state index >= 15 is 0 Å². The van der Waals surface area contributed by atoms with Crippen LogP contribution in [0.3, 0.4) is 0 Å². The van der Waals surface area contributed by atoms with Crippen LogP contribution in [0.4, 0.5) is 26.3 Å². The van der Waals surface area contributed by atoms with Crippen molar-refractivity contribution in [2.75, 3.05) is 0 Å². The largest absolute Gasteiger partial charge is 0.413 e. The molecule has 0 aliphatic heterocycles. The molecule has 0 amide bonds. The monoisotopic (exact) mass is 384 g/mol. The Morgan fingerprint density at radius 1 is 0.760 bits per heavy atom. The number of carbonyl (C=O) groups excluding carboxylic acids is 2. The van der Waals surface area contributed by atoms with Gasteiger partial charge in [0.2, 0.25) is 11.9 Å². The molecule has 0 atom stereocenters. The fraction of sp³-hybridized carbons (Fsp3) is 0.429. The molecule has 0 aliphatic carbocycles.